The third-order valence-corrected chi connectivity index (χ3v) is 4.64. The summed E-state index contributed by atoms with van der Waals surface area (Å²) in [5.41, 5.74) is 0.788. The number of likely N-dealkylation sites (tertiary alicyclic amines) is 1. The van der Waals surface area contributed by atoms with Crippen molar-refractivity contribution in [2.75, 3.05) is 40.4 Å². The number of piperidine rings is 1. The van der Waals surface area contributed by atoms with Gasteiger partial charge in [-0.15, -0.1) is 24.0 Å². The molecule has 5 nitrogen and oxygen atoms in total. The largest absolute Gasteiger partial charge is 0.383 e. The lowest BCUT2D eigenvalue weighted by Gasteiger charge is -2.32. The Hall–Kier alpha value is -0.930. The molecule has 0 spiro atoms. The minimum absolute atomic E-state index is 0. The topological polar surface area (TPSA) is 48.9 Å². The molecule has 0 saturated carbocycles. The minimum Gasteiger partial charge on any atom is -0.383 e. The lowest BCUT2D eigenvalue weighted by atomic mass is 9.96. The van der Waals surface area contributed by atoms with Crippen molar-refractivity contribution in [3.63, 3.8) is 0 Å². The average molecular weight is 478 g/mol. The van der Waals surface area contributed by atoms with E-state index in [-0.39, 0.29) is 35.8 Å². The van der Waals surface area contributed by atoms with Crippen LogP contribution in [0.25, 0.3) is 0 Å². The van der Waals surface area contributed by atoms with Gasteiger partial charge in [-0.2, -0.15) is 0 Å². The second-order valence-corrected chi connectivity index (χ2v) is 6.76. The second-order valence-electron chi connectivity index (χ2n) is 6.76. The highest BCUT2D eigenvalue weighted by atomic mass is 127. The average Bonchev–Trinajstić information content (AvgIpc) is 2.62. The van der Waals surface area contributed by atoms with E-state index in [9.17, 15) is 4.39 Å². The molecule has 1 heterocycles. The molecule has 1 fully saturated rings. The third kappa shape index (κ3) is 7.75. The molecule has 0 aromatic heterocycles. The zero-order chi connectivity index (χ0) is 18.1. The lowest BCUT2D eigenvalue weighted by Crippen LogP contribution is -2.46. The number of ether oxygens (including phenoxy) is 1. The number of hydrogen-bond donors (Lipinski definition) is 2. The summed E-state index contributed by atoms with van der Waals surface area (Å²) in [6.07, 6.45) is 2.23. The summed E-state index contributed by atoms with van der Waals surface area (Å²) in [5.74, 6) is 1.33. The molecule has 1 aliphatic heterocycles. The zero-order valence-corrected chi connectivity index (χ0v) is 18.3. The number of nitrogens with zero attached hydrogens (tertiary/aromatic N) is 2. The Morgan fingerprint density at radius 2 is 2.04 bits per heavy atom. The highest BCUT2D eigenvalue weighted by Crippen LogP contribution is 2.19. The van der Waals surface area contributed by atoms with Crippen LogP contribution in [0.2, 0.25) is 0 Å². The van der Waals surface area contributed by atoms with Crippen molar-refractivity contribution in [2.24, 2.45) is 10.9 Å². The number of guanidine groups is 1. The quantitative estimate of drug-likeness (QED) is 0.360. The van der Waals surface area contributed by atoms with Crippen LogP contribution in [-0.4, -0.2) is 57.3 Å². The molecule has 26 heavy (non-hydrogen) atoms. The molecule has 7 heteroatoms. The van der Waals surface area contributed by atoms with Crippen molar-refractivity contribution in [3.8, 4) is 0 Å². The van der Waals surface area contributed by atoms with Crippen molar-refractivity contribution in [1.29, 1.82) is 0 Å². The summed E-state index contributed by atoms with van der Waals surface area (Å²) in [4.78, 5) is 6.60. The molecule has 1 saturated heterocycles. The van der Waals surface area contributed by atoms with Gasteiger partial charge in [0, 0.05) is 38.9 Å². The monoisotopic (exact) mass is 478 g/mol. The van der Waals surface area contributed by atoms with Gasteiger partial charge in [-0.3, -0.25) is 9.89 Å². The van der Waals surface area contributed by atoms with E-state index >= 15 is 0 Å². The third-order valence-electron chi connectivity index (χ3n) is 4.64. The van der Waals surface area contributed by atoms with Gasteiger partial charge in [-0.25, -0.2) is 4.39 Å². The van der Waals surface area contributed by atoms with Crippen LogP contribution in [0.4, 0.5) is 4.39 Å². The molecule has 2 rings (SSSR count). The van der Waals surface area contributed by atoms with Crippen LogP contribution in [0.15, 0.2) is 29.3 Å². The summed E-state index contributed by atoms with van der Waals surface area (Å²) < 4.78 is 18.9. The fourth-order valence-corrected chi connectivity index (χ4v) is 3.18. The Morgan fingerprint density at radius 1 is 1.35 bits per heavy atom. The maximum absolute atomic E-state index is 13.8. The molecule has 0 amide bonds. The molecule has 2 N–H and O–H groups in total. The molecule has 1 aliphatic rings. The van der Waals surface area contributed by atoms with E-state index in [2.05, 4.69) is 27.4 Å². The highest BCUT2D eigenvalue weighted by molar-refractivity contribution is 14.0. The highest BCUT2D eigenvalue weighted by Gasteiger charge is 2.20. The maximum Gasteiger partial charge on any atom is 0.191 e. The summed E-state index contributed by atoms with van der Waals surface area (Å²) in [7, 11) is 3.48. The Balaban J connectivity index is 0.00000338. The number of nitrogens with one attached hydrogen (secondary N) is 2. The summed E-state index contributed by atoms with van der Waals surface area (Å²) in [5, 5.41) is 6.72. The van der Waals surface area contributed by atoms with Gasteiger partial charge in [0.15, 0.2) is 5.96 Å². The van der Waals surface area contributed by atoms with Gasteiger partial charge in [0.25, 0.3) is 0 Å². The summed E-state index contributed by atoms with van der Waals surface area (Å²) in [6.45, 7) is 6.34. The molecule has 1 aromatic rings. The number of aliphatic imine (C=N–C) groups is 1. The van der Waals surface area contributed by atoms with E-state index in [1.807, 2.05) is 12.1 Å². The standard InChI is InChI=1S/C19H31FN4O.HI/c1-15(14-25-3)23-19(21-2)22-12-16-8-10-24(11-9-16)13-17-6-4-5-7-18(17)20;/h4-7,15-16H,8-14H2,1-3H3,(H2,21,22,23);1H. The minimum atomic E-state index is -0.105. The molecule has 148 valence electrons. The SMILES string of the molecule is CN=C(NCC1CCN(Cc2ccccc2F)CC1)NC(C)COC.I. The predicted molar refractivity (Wildman–Crippen MR) is 116 cm³/mol. The van der Waals surface area contributed by atoms with Crippen LogP contribution < -0.4 is 10.6 Å². The van der Waals surface area contributed by atoms with Gasteiger partial charge in [-0.1, -0.05) is 18.2 Å². The maximum atomic E-state index is 13.8. The van der Waals surface area contributed by atoms with Crippen LogP contribution in [0.5, 0.6) is 0 Å². The zero-order valence-electron chi connectivity index (χ0n) is 16.0. The van der Waals surface area contributed by atoms with Crippen LogP contribution in [0.3, 0.4) is 0 Å². The van der Waals surface area contributed by atoms with Gasteiger partial charge < -0.3 is 15.4 Å². The number of hydrogen-bond acceptors (Lipinski definition) is 3. The van der Waals surface area contributed by atoms with E-state index in [1.165, 1.54) is 6.07 Å². The van der Waals surface area contributed by atoms with E-state index in [0.29, 0.717) is 19.1 Å². The van der Waals surface area contributed by atoms with E-state index in [0.717, 1.165) is 44.0 Å². The van der Waals surface area contributed by atoms with Crippen molar-refractivity contribution in [3.05, 3.63) is 35.6 Å². The summed E-state index contributed by atoms with van der Waals surface area (Å²) in [6, 6.07) is 7.28. The molecular formula is C19H32FIN4O. The first kappa shape index (κ1) is 23.1. The van der Waals surface area contributed by atoms with Crippen LogP contribution >= 0.6 is 24.0 Å². The Bertz CT molecular complexity index is 550. The van der Waals surface area contributed by atoms with E-state index in [1.54, 1.807) is 20.2 Å². The van der Waals surface area contributed by atoms with Crippen LogP contribution in [0, 0.1) is 11.7 Å². The fraction of sp³-hybridized carbons (Fsp3) is 0.632. The Kier molecular flexibility index (Phi) is 11.1. The van der Waals surface area contributed by atoms with Gasteiger partial charge in [0.05, 0.1) is 6.61 Å². The fourth-order valence-electron chi connectivity index (χ4n) is 3.18. The molecular weight excluding hydrogens is 446 g/mol. The van der Waals surface area contributed by atoms with Crippen molar-refractivity contribution < 1.29 is 9.13 Å². The lowest BCUT2D eigenvalue weighted by molar-refractivity contribution is 0.174. The van der Waals surface area contributed by atoms with Gasteiger partial charge in [-0.05, 0) is 44.8 Å². The molecule has 1 unspecified atom stereocenters. The van der Waals surface area contributed by atoms with Crippen molar-refractivity contribution >= 4 is 29.9 Å². The Morgan fingerprint density at radius 3 is 2.65 bits per heavy atom. The predicted octanol–water partition coefficient (Wildman–Crippen LogP) is 2.86. The van der Waals surface area contributed by atoms with Gasteiger partial charge in [0.1, 0.15) is 5.82 Å². The second kappa shape index (κ2) is 12.5. The van der Waals surface area contributed by atoms with E-state index in [4.69, 9.17) is 4.74 Å². The molecule has 0 aliphatic carbocycles. The first-order chi connectivity index (χ1) is 12.1. The Labute approximate surface area is 173 Å². The first-order valence-corrected chi connectivity index (χ1v) is 9.04. The van der Waals surface area contributed by atoms with Gasteiger partial charge >= 0.3 is 0 Å². The van der Waals surface area contributed by atoms with Crippen LogP contribution in [0.1, 0.15) is 25.3 Å². The van der Waals surface area contributed by atoms with Crippen molar-refractivity contribution in [2.45, 2.75) is 32.4 Å². The van der Waals surface area contributed by atoms with E-state index < -0.39 is 0 Å². The first-order valence-electron chi connectivity index (χ1n) is 9.04. The molecule has 0 radical (unpaired) electrons. The normalized spacial score (nSPS) is 17.5. The number of rotatable bonds is 7. The number of methoxy groups -OCH3 is 1. The van der Waals surface area contributed by atoms with Crippen LogP contribution in [-0.2, 0) is 11.3 Å². The molecule has 1 atom stereocenters. The van der Waals surface area contributed by atoms with Gasteiger partial charge in [0.2, 0.25) is 0 Å². The number of benzene rings is 1. The molecule has 0 bridgehead atoms. The molecule has 1 aromatic carbocycles. The van der Waals surface area contributed by atoms with Crippen molar-refractivity contribution in [1.82, 2.24) is 15.5 Å². The summed E-state index contributed by atoms with van der Waals surface area (Å²) >= 11 is 0. The smallest absolute Gasteiger partial charge is 0.191 e. The number of halogens is 2.